The van der Waals surface area contributed by atoms with Crippen molar-refractivity contribution >= 4 is 50.6 Å². The third kappa shape index (κ3) is 3.89. The van der Waals surface area contributed by atoms with Crippen molar-refractivity contribution in [1.82, 2.24) is 0 Å². The summed E-state index contributed by atoms with van der Waals surface area (Å²) < 4.78 is 1.36. The van der Waals surface area contributed by atoms with Crippen LogP contribution in [0.4, 0.5) is 5.69 Å². The van der Waals surface area contributed by atoms with Crippen LogP contribution in [0.5, 0.6) is 0 Å². The van der Waals surface area contributed by atoms with Gasteiger partial charge in [0, 0.05) is 27.0 Å². The molecular formula is C15H21BrN2S2. The topological polar surface area (TPSA) is 38.0 Å². The quantitative estimate of drug-likeness (QED) is 0.742. The van der Waals surface area contributed by atoms with E-state index in [0.29, 0.717) is 9.74 Å². The molecule has 1 saturated carbocycles. The molecule has 0 heterocycles. The van der Waals surface area contributed by atoms with Gasteiger partial charge in [0.25, 0.3) is 0 Å². The minimum atomic E-state index is 0.360. The number of thioether (sulfide) groups is 1. The maximum atomic E-state index is 5.82. The molecule has 0 aromatic heterocycles. The van der Waals surface area contributed by atoms with Crippen LogP contribution in [0.1, 0.15) is 37.7 Å². The molecule has 2 rings (SSSR count). The van der Waals surface area contributed by atoms with Gasteiger partial charge < -0.3 is 11.1 Å². The second-order valence-corrected chi connectivity index (χ2v) is 7.99. The minimum Gasteiger partial charge on any atom is -0.389 e. The Hall–Kier alpha value is -0.260. The van der Waals surface area contributed by atoms with Crippen LogP contribution in [-0.4, -0.2) is 22.5 Å². The molecule has 110 valence electrons. The summed E-state index contributed by atoms with van der Waals surface area (Å²) in [5, 5.41) is 3.57. The molecule has 0 radical (unpaired) electrons. The Morgan fingerprint density at radius 3 is 2.70 bits per heavy atom. The smallest absolute Gasteiger partial charge is 0.106 e. The fourth-order valence-electron chi connectivity index (χ4n) is 2.78. The van der Waals surface area contributed by atoms with E-state index >= 15 is 0 Å². The first-order valence-corrected chi connectivity index (χ1v) is 9.37. The molecule has 0 atom stereocenters. The molecule has 1 aromatic rings. The molecule has 0 spiro atoms. The monoisotopic (exact) mass is 372 g/mol. The van der Waals surface area contributed by atoms with E-state index in [1.807, 2.05) is 23.9 Å². The molecule has 1 aromatic carbocycles. The Bertz CT molecular complexity index is 485. The summed E-state index contributed by atoms with van der Waals surface area (Å²) in [7, 11) is 0. The highest BCUT2D eigenvalue weighted by Crippen LogP contribution is 2.38. The zero-order chi connectivity index (χ0) is 14.6. The normalized spacial score (nSPS) is 17.7. The highest BCUT2D eigenvalue weighted by atomic mass is 79.9. The number of hydrogen-bond acceptors (Lipinski definition) is 3. The fourth-order valence-corrected chi connectivity index (χ4v) is 4.22. The van der Waals surface area contributed by atoms with Gasteiger partial charge in [0.15, 0.2) is 0 Å². The van der Waals surface area contributed by atoms with E-state index in [-0.39, 0.29) is 0 Å². The van der Waals surface area contributed by atoms with Crippen molar-refractivity contribution < 1.29 is 0 Å². The number of nitrogens with one attached hydrogen (secondary N) is 1. The molecule has 1 fully saturated rings. The van der Waals surface area contributed by atoms with Crippen LogP contribution >= 0.6 is 39.9 Å². The van der Waals surface area contributed by atoms with Crippen LogP contribution in [-0.2, 0) is 0 Å². The van der Waals surface area contributed by atoms with Crippen molar-refractivity contribution in [1.29, 1.82) is 0 Å². The molecule has 1 aliphatic carbocycles. The number of anilines is 1. The van der Waals surface area contributed by atoms with Gasteiger partial charge >= 0.3 is 0 Å². The van der Waals surface area contributed by atoms with Gasteiger partial charge in [0.1, 0.15) is 4.99 Å². The first-order valence-electron chi connectivity index (χ1n) is 6.95. The molecule has 3 N–H and O–H groups in total. The molecule has 0 unspecified atom stereocenters. The number of nitrogens with two attached hydrogens (primary N) is 1. The van der Waals surface area contributed by atoms with Gasteiger partial charge in [-0.3, -0.25) is 0 Å². The van der Waals surface area contributed by atoms with Crippen LogP contribution in [0.2, 0.25) is 0 Å². The largest absolute Gasteiger partial charge is 0.389 e. The summed E-state index contributed by atoms with van der Waals surface area (Å²) in [5.41, 5.74) is 7.78. The third-order valence-electron chi connectivity index (χ3n) is 4.05. The predicted octanol–water partition coefficient (Wildman–Crippen LogP) is 4.56. The number of rotatable bonds is 5. The van der Waals surface area contributed by atoms with Crippen molar-refractivity contribution in [2.24, 2.45) is 5.73 Å². The van der Waals surface area contributed by atoms with E-state index in [1.165, 1.54) is 32.1 Å². The van der Waals surface area contributed by atoms with Crippen LogP contribution in [0.25, 0.3) is 0 Å². The van der Waals surface area contributed by atoms with Crippen LogP contribution in [0, 0.1) is 0 Å². The van der Waals surface area contributed by atoms with Gasteiger partial charge in [0.05, 0.1) is 0 Å². The zero-order valence-electron chi connectivity index (χ0n) is 11.7. The Morgan fingerprint density at radius 1 is 1.40 bits per heavy atom. The van der Waals surface area contributed by atoms with Crippen molar-refractivity contribution in [2.75, 3.05) is 18.1 Å². The van der Waals surface area contributed by atoms with E-state index in [4.69, 9.17) is 18.0 Å². The van der Waals surface area contributed by atoms with E-state index in [9.17, 15) is 0 Å². The predicted molar refractivity (Wildman–Crippen MR) is 97.9 cm³/mol. The maximum Gasteiger partial charge on any atom is 0.106 e. The lowest BCUT2D eigenvalue weighted by Crippen LogP contribution is -2.36. The summed E-state index contributed by atoms with van der Waals surface area (Å²) in [4.78, 5) is 0.440. The van der Waals surface area contributed by atoms with Crippen molar-refractivity contribution in [3.63, 3.8) is 0 Å². The Balaban J connectivity index is 2.11. The lowest BCUT2D eigenvalue weighted by atomic mass is 9.88. The molecule has 5 heteroatoms. The van der Waals surface area contributed by atoms with Crippen molar-refractivity contribution in [3.8, 4) is 0 Å². The molecule has 1 aliphatic rings. The third-order valence-corrected chi connectivity index (χ3v) is 6.18. The Labute approximate surface area is 139 Å². The van der Waals surface area contributed by atoms with E-state index in [2.05, 4.69) is 33.6 Å². The molecule has 0 amide bonds. The average molecular weight is 373 g/mol. The zero-order valence-corrected chi connectivity index (χ0v) is 15.0. The number of halogens is 1. The maximum absolute atomic E-state index is 5.82. The van der Waals surface area contributed by atoms with E-state index in [1.54, 1.807) is 0 Å². The summed E-state index contributed by atoms with van der Waals surface area (Å²) >= 11 is 10.6. The van der Waals surface area contributed by atoms with Crippen LogP contribution in [0.15, 0.2) is 22.7 Å². The summed E-state index contributed by atoms with van der Waals surface area (Å²) in [6.45, 7) is 0.978. The standard InChI is InChI=1S/C15H21BrN2S2/c1-20-15(7-3-2-4-8-15)10-18-13-6-5-11(16)9-12(13)14(17)19/h5-6,9,18H,2-4,7-8,10H2,1H3,(H2,17,19). The molecule has 0 saturated heterocycles. The van der Waals surface area contributed by atoms with Gasteiger partial charge in [-0.05, 0) is 37.3 Å². The first-order chi connectivity index (χ1) is 9.56. The first kappa shape index (κ1) is 16.1. The number of benzene rings is 1. The SMILES string of the molecule is CSC1(CNc2ccc(Br)cc2C(N)=S)CCCCC1. The Kier molecular flexibility index (Phi) is 5.75. The molecule has 2 nitrogen and oxygen atoms in total. The second-order valence-electron chi connectivity index (χ2n) is 5.36. The summed E-state index contributed by atoms with van der Waals surface area (Å²) in [6.07, 6.45) is 8.86. The van der Waals surface area contributed by atoms with Crippen LogP contribution < -0.4 is 11.1 Å². The van der Waals surface area contributed by atoms with Crippen molar-refractivity contribution in [2.45, 2.75) is 36.9 Å². The molecule has 0 bridgehead atoms. The van der Waals surface area contributed by atoms with Crippen LogP contribution in [0.3, 0.4) is 0 Å². The average Bonchev–Trinajstić information content (AvgIpc) is 2.47. The molecular weight excluding hydrogens is 352 g/mol. The molecule has 20 heavy (non-hydrogen) atoms. The fraction of sp³-hybridized carbons (Fsp3) is 0.533. The van der Waals surface area contributed by atoms with Gasteiger partial charge in [0.2, 0.25) is 0 Å². The highest BCUT2D eigenvalue weighted by molar-refractivity contribution is 9.10. The Morgan fingerprint density at radius 2 is 2.10 bits per heavy atom. The van der Waals surface area contributed by atoms with E-state index < -0.39 is 0 Å². The highest BCUT2D eigenvalue weighted by Gasteiger charge is 2.31. The van der Waals surface area contributed by atoms with Gasteiger partial charge in [-0.2, -0.15) is 11.8 Å². The van der Waals surface area contributed by atoms with Gasteiger partial charge in [-0.25, -0.2) is 0 Å². The number of hydrogen-bond donors (Lipinski definition) is 2. The second kappa shape index (κ2) is 7.14. The lowest BCUT2D eigenvalue weighted by Gasteiger charge is -2.36. The van der Waals surface area contributed by atoms with E-state index in [0.717, 1.165) is 22.3 Å². The lowest BCUT2D eigenvalue weighted by molar-refractivity contribution is 0.411. The molecule has 0 aliphatic heterocycles. The summed E-state index contributed by atoms with van der Waals surface area (Å²) in [6, 6.07) is 6.06. The number of thiocarbonyl (C=S) groups is 1. The van der Waals surface area contributed by atoms with Crippen molar-refractivity contribution in [3.05, 3.63) is 28.2 Å². The summed E-state index contributed by atoms with van der Waals surface area (Å²) in [5.74, 6) is 0. The minimum absolute atomic E-state index is 0.360. The van der Waals surface area contributed by atoms with Gasteiger partial charge in [-0.1, -0.05) is 47.4 Å². The van der Waals surface area contributed by atoms with Gasteiger partial charge in [-0.15, -0.1) is 0 Å².